The zero-order chi connectivity index (χ0) is 16.9. The summed E-state index contributed by atoms with van der Waals surface area (Å²) >= 11 is 7.65. The van der Waals surface area contributed by atoms with Crippen molar-refractivity contribution in [3.63, 3.8) is 0 Å². The number of carbonyl (C=O) groups is 1. The number of amides is 1. The fraction of sp³-hybridized carbons (Fsp3) is 0.722. The molecule has 2 heterocycles. The first-order valence-corrected chi connectivity index (χ1v) is 10.3. The zero-order valence-corrected chi connectivity index (χ0v) is 16.0. The Morgan fingerprint density at radius 3 is 2.58 bits per heavy atom. The van der Waals surface area contributed by atoms with Crippen LogP contribution < -0.4 is 5.32 Å². The number of thiophene rings is 1. The Balaban J connectivity index is 1.37. The summed E-state index contributed by atoms with van der Waals surface area (Å²) in [6, 6.07) is 4.46. The highest BCUT2D eigenvalue weighted by molar-refractivity contribution is 7.16. The fourth-order valence-electron chi connectivity index (χ4n) is 3.75. The lowest BCUT2D eigenvalue weighted by molar-refractivity contribution is -0.124. The molecule has 1 aromatic rings. The molecule has 2 aliphatic rings. The third-order valence-electron chi connectivity index (χ3n) is 5.30. The van der Waals surface area contributed by atoms with E-state index in [0.717, 1.165) is 43.5 Å². The van der Waals surface area contributed by atoms with Gasteiger partial charge in [0, 0.05) is 43.6 Å². The largest absolute Gasteiger partial charge is 0.352 e. The topological polar surface area (TPSA) is 35.6 Å². The van der Waals surface area contributed by atoms with Crippen molar-refractivity contribution in [1.29, 1.82) is 0 Å². The highest BCUT2D eigenvalue weighted by Crippen LogP contribution is 2.24. The summed E-state index contributed by atoms with van der Waals surface area (Å²) in [6.45, 7) is 7.74. The van der Waals surface area contributed by atoms with Crippen LogP contribution >= 0.6 is 22.9 Å². The van der Waals surface area contributed by atoms with E-state index in [1.54, 1.807) is 11.3 Å². The molecular formula is C18H28ClN3OS. The molecule has 1 saturated carbocycles. The van der Waals surface area contributed by atoms with Crippen molar-refractivity contribution in [1.82, 2.24) is 15.1 Å². The summed E-state index contributed by atoms with van der Waals surface area (Å²) in [4.78, 5) is 18.4. The van der Waals surface area contributed by atoms with E-state index in [0.29, 0.717) is 18.5 Å². The first-order valence-electron chi connectivity index (χ1n) is 9.08. The van der Waals surface area contributed by atoms with E-state index in [9.17, 15) is 4.79 Å². The second kappa shape index (κ2) is 8.65. The van der Waals surface area contributed by atoms with Gasteiger partial charge in [0.15, 0.2) is 0 Å². The molecule has 2 fully saturated rings. The van der Waals surface area contributed by atoms with Gasteiger partial charge in [-0.05, 0) is 30.9 Å². The summed E-state index contributed by atoms with van der Waals surface area (Å²) < 4.78 is 0.859. The Morgan fingerprint density at radius 1 is 1.21 bits per heavy atom. The van der Waals surface area contributed by atoms with Gasteiger partial charge < -0.3 is 5.32 Å². The normalized spacial score (nSPS) is 26.4. The average molecular weight is 370 g/mol. The molecule has 2 atom stereocenters. The molecule has 1 aliphatic carbocycles. The molecule has 0 bridgehead atoms. The van der Waals surface area contributed by atoms with Crippen LogP contribution in [0.3, 0.4) is 0 Å². The number of hydrogen-bond donors (Lipinski definition) is 1. The van der Waals surface area contributed by atoms with Gasteiger partial charge in [0.2, 0.25) is 5.91 Å². The molecule has 0 unspecified atom stereocenters. The molecule has 0 radical (unpaired) electrons. The van der Waals surface area contributed by atoms with Gasteiger partial charge in [-0.3, -0.25) is 14.6 Å². The highest BCUT2D eigenvalue weighted by Gasteiger charge is 2.24. The number of piperazine rings is 1. The molecule has 1 amide bonds. The van der Waals surface area contributed by atoms with Gasteiger partial charge >= 0.3 is 0 Å². The van der Waals surface area contributed by atoms with Crippen LogP contribution in [0.4, 0.5) is 0 Å². The number of rotatable bonds is 5. The summed E-state index contributed by atoms with van der Waals surface area (Å²) in [6.07, 6.45) is 4.95. The minimum Gasteiger partial charge on any atom is -0.352 e. The van der Waals surface area contributed by atoms with Gasteiger partial charge in [0.25, 0.3) is 0 Å². The van der Waals surface area contributed by atoms with Crippen LogP contribution in [0, 0.1) is 5.92 Å². The van der Waals surface area contributed by atoms with Gasteiger partial charge in [0.1, 0.15) is 0 Å². The van der Waals surface area contributed by atoms with E-state index >= 15 is 0 Å². The van der Waals surface area contributed by atoms with E-state index in [-0.39, 0.29) is 5.91 Å². The molecule has 0 spiro atoms. The maximum absolute atomic E-state index is 12.3. The Bertz CT molecular complexity index is 542. The van der Waals surface area contributed by atoms with E-state index in [4.69, 9.17) is 11.6 Å². The molecule has 0 aromatic carbocycles. The summed E-state index contributed by atoms with van der Waals surface area (Å²) in [5, 5.41) is 3.26. The average Bonchev–Trinajstić information content (AvgIpc) is 2.96. The summed E-state index contributed by atoms with van der Waals surface area (Å²) in [5.74, 6) is 0.824. The second-order valence-electron chi connectivity index (χ2n) is 7.19. The molecule has 134 valence electrons. The minimum absolute atomic E-state index is 0.201. The predicted molar refractivity (Wildman–Crippen MR) is 101 cm³/mol. The number of carbonyl (C=O) groups excluding carboxylic acids is 1. The summed E-state index contributed by atoms with van der Waals surface area (Å²) in [5.41, 5.74) is 0. The Labute approximate surface area is 154 Å². The lowest BCUT2D eigenvalue weighted by atomic mass is 9.86. The molecule has 1 N–H and O–H groups in total. The lowest BCUT2D eigenvalue weighted by Crippen LogP contribution is -2.51. The minimum atomic E-state index is 0.201. The van der Waals surface area contributed by atoms with Crippen LogP contribution in [0.15, 0.2) is 12.1 Å². The van der Waals surface area contributed by atoms with Gasteiger partial charge in [-0.15, -0.1) is 11.3 Å². The van der Waals surface area contributed by atoms with Crippen molar-refractivity contribution in [3.05, 3.63) is 21.3 Å². The molecular weight excluding hydrogens is 342 g/mol. The number of hydrogen-bond acceptors (Lipinski definition) is 4. The van der Waals surface area contributed by atoms with Gasteiger partial charge in [-0.25, -0.2) is 0 Å². The van der Waals surface area contributed by atoms with Crippen molar-refractivity contribution in [2.45, 2.75) is 45.2 Å². The Morgan fingerprint density at radius 2 is 1.92 bits per heavy atom. The van der Waals surface area contributed by atoms with E-state index in [1.807, 2.05) is 6.07 Å². The van der Waals surface area contributed by atoms with Crippen molar-refractivity contribution < 1.29 is 4.79 Å². The third-order valence-corrected chi connectivity index (χ3v) is 6.51. The van der Waals surface area contributed by atoms with Crippen LogP contribution in [0.5, 0.6) is 0 Å². The second-order valence-corrected chi connectivity index (χ2v) is 8.99. The van der Waals surface area contributed by atoms with Crippen LogP contribution in [-0.2, 0) is 11.3 Å². The number of nitrogens with zero attached hydrogens (tertiary/aromatic N) is 2. The molecule has 1 aromatic heterocycles. The molecule has 1 saturated heterocycles. The Kier molecular flexibility index (Phi) is 6.56. The van der Waals surface area contributed by atoms with Crippen LogP contribution in [0.2, 0.25) is 4.34 Å². The van der Waals surface area contributed by atoms with Gasteiger partial charge in [-0.2, -0.15) is 0 Å². The molecule has 6 heteroatoms. The van der Waals surface area contributed by atoms with Crippen molar-refractivity contribution in [2.75, 3.05) is 32.7 Å². The van der Waals surface area contributed by atoms with E-state index in [1.165, 1.54) is 24.1 Å². The number of nitrogens with one attached hydrogen (secondary N) is 1. The first-order chi connectivity index (χ1) is 11.6. The van der Waals surface area contributed by atoms with Crippen LogP contribution in [-0.4, -0.2) is 54.5 Å². The quantitative estimate of drug-likeness (QED) is 0.865. The van der Waals surface area contributed by atoms with Crippen LogP contribution in [0.25, 0.3) is 0 Å². The standard InChI is InChI=1S/C18H28ClN3OS/c1-14-4-2-3-5-16(14)20-18(23)13-22-10-8-21(9-11-22)12-15-6-7-17(19)24-15/h6-7,14,16H,2-5,8-13H2,1H3,(H,20,23)/t14-,16-/m0/s1. The lowest BCUT2D eigenvalue weighted by Gasteiger charge is -2.35. The maximum atomic E-state index is 12.3. The molecule has 24 heavy (non-hydrogen) atoms. The fourth-order valence-corrected chi connectivity index (χ4v) is 4.88. The molecule has 4 nitrogen and oxygen atoms in total. The third kappa shape index (κ3) is 5.19. The molecule has 1 aliphatic heterocycles. The smallest absolute Gasteiger partial charge is 0.234 e. The van der Waals surface area contributed by atoms with Crippen LogP contribution in [0.1, 0.15) is 37.5 Å². The SMILES string of the molecule is C[C@H]1CCCC[C@@H]1NC(=O)CN1CCN(Cc2ccc(Cl)s2)CC1. The van der Waals surface area contributed by atoms with Gasteiger partial charge in [-0.1, -0.05) is 31.4 Å². The summed E-state index contributed by atoms with van der Waals surface area (Å²) in [7, 11) is 0. The predicted octanol–water partition coefficient (Wildman–Crippen LogP) is 3.21. The maximum Gasteiger partial charge on any atom is 0.234 e. The van der Waals surface area contributed by atoms with E-state index in [2.05, 4.69) is 28.1 Å². The van der Waals surface area contributed by atoms with Crippen molar-refractivity contribution in [2.24, 2.45) is 5.92 Å². The van der Waals surface area contributed by atoms with Crippen molar-refractivity contribution >= 4 is 28.8 Å². The van der Waals surface area contributed by atoms with Crippen molar-refractivity contribution in [3.8, 4) is 0 Å². The first kappa shape index (κ1) is 18.2. The zero-order valence-electron chi connectivity index (χ0n) is 14.5. The van der Waals surface area contributed by atoms with Gasteiger partial charge in [0.05, 0.1) is 10.9 Å². The number of halogens is 1. The monoisotopic (exact) mass is 369 g/mol. The molecule has 3 rings (SSSR count). The Hall–Kier alpha value is -0.620. The van der Waals surface area contributed by atoms with E-state index < -0.39 is 0 Å². The highest BCUT2D eigenvalue weighted by atomic mass is 35.5.